The Balaban J connectivity index is 0.000000320. The fourth-order valence-electron chi connectivity index (χ4n) is 4.35. The number of rotatable bonds is 4. The van der Waals surface area contributed by atoms with Gasteiger partial charge in [-0.25, -0.2) is 0 Å². The molecule has 1 aliphatic carbocycles. The van der Waals surface area contributed by atoms with Crippen LogP contribution in [0.1, 0.15) is 43.2 Å². The van der Waals surface area contributed by atoms with Crippen LogP contribution in [-0.2, 0) is 16.8 Å². The second kappa shape index (κ2) is 10.6. The number of phenolic OH excluding ortho intramolecular Hbond substituents is 1. The number of nitrogens with zero attached hydrogens (tertiary/aromatic N) is 1. The van der Waals surface area contributed by atoms with Crippen molar-refractivity contribution in [2.24, 2.45) is 0 Å². The first kappa shape index (κ1) is 20.8. The number of morpholine rings is 1. The molecule has 0 spiro atoms. The molecule has 4 heteroatoms. The number of ether oxygens (including phenoxy) is 1. The first-order chi connectivity index (χ1) is 13.7. The van der Waals surface area contributed by atoms with E-state index in [1.54, 1.807) is 6.07 Å². The quantitative estimate of drug-likeness (QED) is 0.828. The topological polar surface area (TPSA) is 44.7 Å². The standard InChI is InChI=1S/C20H25NO.C4H9NO/c1-21(16-17-9-4-2-5-10-17)20(13-6-3-7-14-20)18-11-8-12-19(22)15-18;1-3-6-4-2-5-1/h2,4-5,8-12,15,22H,3,6-7,13-14,16H2,1H3;5H,1-4H2. The van der Waals surface area contributed by atoms with E-state index in [0.29, 0.717) is 5.75 Å². The monoisotopic (exact) mass is 382 g/mol. The van der Waals surface area contributed by atoms with Gasteiger partial charge in [0.1, 0.15) is 5.75 Å². The molecule has 0 amide bonds. The SMILES string of the molecule is C1COCCN1.CN(Cc1ccccc1)C1(c2cccc(O)c2)CCCCC1. The summed E-state index contributed by atoms with van der Waals surface area (Å²) in [6.45, 7) is 4.77. The van der Waals surface area contributed by atoms with Crippen molar-refractivity contribution in [3.05, 3.63) is 65.7 Å². The maximum absolute atomic E-state index is 9.91. The van der Waals surface area contributed by atoms with Crippen molar-refractivity contribution in [2.75, 3.05) is 33.4 Å². The van der Waals surface area contributed by atoms with Crippen LogP contribution in [0.4, 0.5) is 0 Å². The number of benzene rings is 2. The normalized spacial score (nSPS) is 18.9. The Bertz CT molecular complexity index is 683. The van der Waals surface area contributed by atoms with E-state index in [1.807, 2.05) is 12.1 Å². The van der Waals surface area contributed by atoms with Gasteiger partial charge in [-0.15, -0.1) is 0 Å². The molecule has 2 aromatic rings. The second-order valence-electron chi connectivity index (χ2n) is 7.85. The lowest BCUT2D eigenvalue weighted by atomic mass is 9.75. The highest BCUT2D eigenvalue weighted by molar-refractivity contribution is 5.33. The lowest BCUT2D eigenvalue weighted by Crippen LogP contribution is -2.44. The van der Waals surface area contributed by atoms with E-state index in [-0.39, 0.29) is 5.54 Å². The Hall–Kier alpha value is -1.88. The van der Waals surface area contributed by atoms with Gasteiger partial charge in [-0.2, -0.15) is 0 Å². The molecular weight excluding hydrogens is 348 g/mol. The minimum atomic E-state index is 0.0484. The average Bonchev–Trinajstić information content (AvgIpc) is 2.76. The number of aromatic hydroxyl groups is 1. The molecule has 4 nitrogen and oxygen atoms in total. The van der Waals surface area contributed by atoms with E-state index in [2.05, 4.69) is 53.7 Å². The fourth-order valence-corrected chi connectivity index (χ4v) is 4.35. The molecule has 0 aromatic heterocycles. The van der Waals surface area contributed by atoms with Gasteiger partial charge < -0.3 is 15.2 Å². The van der Waals surface area contributed by atoms with Gasteiger partial charge in [0.25, 0.3) is 0 Å². The van der Waals surface area contributed by atoms with Crippen LogP contribution in [0.3, 0.4) is 0 Å². The molecule has 1 heterocycles. The lowest BCUT2D eigenvalue weighted by molar-refractivity contribution is 0.0652. The third kappa shape index (κ3) is 5.57. The number of nitrogens with one attached hydrogen (secondary N) is 1. The molecule has 152 valence electrons. The van der Waals surface area contributed by atoms with Crippen molar-refractivity contribution < 1.29 is 9.84 Å². The Labute approximate surface area is 169 Å². The van der Waals surface area contributed by atoms with Crippen LogP contribution >= 0.6 is 0 Å². The minimum Gasteiger partial charge on any atom is -0.508 e. The molecule has 0 radical (unpaired) electrons. The predicted octanol–water partition coefficient (Wildman–Crippen LogP) is 4.29. The number of phenols is 1. The van der Waals surface area contributed by atoms with E-state index in [4.69, 9.17) is 4.74 Å². The van der Waals surface area contributed by atoms with Crippen molar-refractivity contribution in [1.29, 1.82) is 0 Å². The van der Waals surface area contributed by atoms with Gasteiger partial charge in [-0.1, -0.05) is 61.7 Å². The van der Waals surface area contributed by atoms with Crippen LogP contribution in [0.25, 0.3) is 0 Å². The van der Waals surface area contributed by atoms with E-state index in [0.717, 1.165) is 32.8 Å². The average molecular weight is 383 g/mol. The summed E-state index contributed by atoms with van der Waals surface area (Å²) in [7, 11) is 2.22. The Morgan fingerprint density at radius 2 is 1.68 bits per heavy atom. The zero-order chi connectivity index (χ0) is 19.7. The summed E-state index contributed by atoms with van der Waals surface area (Å²) in [5.41, 5.74) is 2.65. The molecule has 0 atom stereocenters. The summed E-state index contributed by atoms with van der Waals surface area (Å²) in [6, 6.07) is 18.5. The minimum absolute atomic E-state index is 0.0484. The van der Waals surface area contributed by atoms with Gasteiger partial charge in [0.15, 0.2) is 0 Å². The highest BCUT2D eigenvalue weighted by Gasteiger charge is 2.37. The maximum atomic E-state index is 9.91. The van der Waals surface area contributed by atoms with Gasteiger partial charge in [0, 0.05) is 25.2 Å². The molecular formula is C24H34N2O2. The number of hydrogen-bond acceptors (Lipinski definition) is 4. The number of hydrogen-bond donors (Lipinski definition) is 2. The van der Waals surface area contributed by atoms with Crippen molar-refractivity contribution in [1.82, 2.24) is 10.2 Å². The van der Waals surface area contributed by atoms with Crippen molar-refractivity contribution in [3.8, 4) is 5.75 Å². The van der Waals surface area contributed by atoms with Gasteiger partial charge in [0.2, 0.25) is 0 Å². The van der Waals surface area contributed by atoms with Crippen molar-refractivity contribution in [3.63, 3.8) is 0 Å². The molecule has 1 saturated carbocycles. The van der Waals surface area contributed by atoms with Crippen LogP contribution in [-0.4, -0.2) is 43.4 Å². The van der Waals surface area contributed by atoms with Gasteiger partial charge in [-0.3, -0.25) is 4.90 Å². The highest BCUT2D eigenvalue weighted by Crippen LogP contribution is 2.43. The molecule has 0 bridgehead atoms. The zero-order valence-corrected chi connectivity index (χ0v) is 17.1. The first-order valence-corrected chi connectivity index (χ1v) is 10.5. The third-order valence-electron chi connectivity index (χ3n) is 5.90. The summed E-state index contributed by atoms with van der Waals surface area (Å²) >= 11 is 0. The van der Waals surface area contributed by atoms with Crippen LogP contribution in [0.5, 0.6) is 5.75 Å². The molecule has 0 unspecified atom stereocenters. The molecule has 1 saturated heterocycles. The van der Waals surface area contributed by atoms with Gasteiger partial charge >= 0.3 is 0 Å². The highest BCUT2D eigenvalue weighted by atomic mass is 16.5. The summed E-state index contributed by atoms with van der Waals surface area (Å²) in [5.74, 6) is 0.371. The molecule has 4 rings (SSSR count). The van der Waals surface area contributed by atoms with Crippen LogP contribution in [0.15, 0.2) is 54.6 Å². The van der Waals surface area contributed by atoms with Gasteiger partial charge in [-0.05, 0) is 43.1 Å². The Kier molecular flexibility index (Phi) is 7.90. The maximum Gasteiger partial charge on any atom is 0.115 e. The summed E-state index contributed by atoms with van der Waals surface area (Å²) < 4.78 is 5.01. The fraction of sp³-hybridized carbons (Fsp3) is 0.500. The summed E-state index contributed by atoms with van der Waals surface area (Å²) in [4.78, 5) is 2.48. The summed E-state index contributed by atoms with van der Waals surface area (Å²) in [6.07, 6.45) is 6.17. The Morgan fingerprint density at radius 1 is 0.964 bits per heavy atom. The summed E-state index contributed by atoms with van der Waals surface area (Å²) in [5, 5.41) is 13.1. The van der Waals surface area contributed by atoms with Crippen LogP contribution in [0.2, 0.25) is 0 Å². The van der Waals surface area contributed by atoms with Crippen LogP contribution in [0, 0.1) is 0 Å². The van der Waals surface area contributed by atoms with Crippen molar-refractivity contribution in [2.45, 2.75) is 44.2 Å². The van der Waals surface area contributed by atoms with E-state index < -0.39 is 0 Å². The van der Waals surface area contributed by atoms with E-state index in [9.17, 15) is 5.11 Å². The van der Waals surface area contributed by atoms with E-state index in [1.165, 1.54) is 43.2 Å². The Morgan fingerprint density at radius 3 is 2.25 bits per heavy atom. The largest absolute Gasteiger partial charge is 0.508 e. The zero-order valence-electron chi connectivity index (χ0n) is 17.1. The first-order valence-electron chi connectivity index (χ1n) is 10.5. The van der Waals surface area contributed by atoms with Crippen molar-refractivity contribution >= 4 is 0 Å². The van der Waals surface area contributed by atoms with Gasteiger partial charge in [0.05, 0.1) is 13.2 Å². The molecule has 2 fully saturated rings. The molecule has 2 aromatic carbocycles. The molecule has 2 N–H and O–H groups in total. The second-order valence-corrected chi connectivity index (χ2v) is 7.85. The molecule has 2 aliphatic rings. The molecule has 28 heavy (non-hydrogen) atoms. The lowest BCUT2D eigenvalue weighted by Gasteiger charge is -2.45. The molecule has 1 aliphatic heterocycles. The predicted molar refractivity (Wildman–Crippen MR) is 114 cm³/mol. The smallest absolute Gasteiger partial charge is 0.115 e. The third-order valence-corrected chi connectivity index (χ3v) is 5.90. The van der Waals surface area contributed by atoms with Crippen LogP contribution < -0.4 is 5.32 Å². The van der Waals surface area contributed by atoms with E-state index >= 15 is 0 Å².